The predicted octanol–water partition coefficient (Wildman–Crippen LogP) is 2.42. The number of fused-ring (bicyclic) bond motifs is 1. The third-order valence-corrected chi connectivity index (χ3v) is 4.99. The van der Waals surface area contributed by atoms with Gasteiger partial charge in [0, 0.05) is 18.1 Å². The number of tetrazole rings is 1. The van der Waals surface area contributed by atoms with Gasteiger partial charge >= 0.3 is 0 Å². The number of sulfonamides is 1. The third-order valence-electron chi connectivity index (χ3n) is 3.69. The molecule has 26 heavy (non-hydrogen) atoms. The van der Waals surface area contributed by atoms with Crippen LogP contribution in [-0.2, 0) is 10.0 Å². The molecule has 0 spiro atoms. The summed E-state index contributed by atoms with van der Waals surface area (Å²) in [6, 6.07) is 11.0. The molecule has 1 aliphatic heterocycles. The standard InChI is InChI=1S/C16H14N5O4S/c22-26(23,13-5-6-14-15(10-13)25-8-2-7-24-14)19-12-4-1-3-11(9-12)16-17-20-21-18-16/h1,3-6,9-10H,2,7-8H2,(H,17,18,20,21)/q-1. The summed E-state index contributed by atoms with van der Waals surface area (Å²) in [7, 11) is -3.92. The number of hydrogen-bond donors (Lipinski definition) is 1. The molecule has 4 rings (SSSR count). The average molecular weight is 372 g/mol. The maximum absolute atomic E-state index is 12.7. The molecule has 0 saturated carbocycles. The zero-order valence-electron chi connectivity index (χ0n) is 13.5. The Labute approximate surface area is 149 Å². The summed E-state index contributed by atoms with van der Waals surface area (Å²) < 4.78 is 40.3. The number of rotatable bonds is 4. The van der Waals surface area contributed by atoms with Crippen molar-refractivity contribution in [2.24, 2.45) is 0 Å². The molecule has 134 valence electrons. The summed E-state index contributed by atoms with van der Waals surface area (Å²) in [6.07, 6.45) is 0.740. The van der Waals surface area contributed by atoms with Gasteiger partial charge < -0.3 is 14.2 Å². The number of hydrogen-bond acceptors (Lipinski definition) is 7. The maximum Gasteiger partial charge on any atom is 0.204 e. The van der Waals surface area contributed by atoms with Crippen LogP contribution in [0.3, 0.4) is 0 Å². The van der Waals surface area contributed by atoms with Crippen LogP contribution in [-0.4, -0.2) is 42.3 Å². The van der Waals surface area contributed by atoms with E-state index < -0.39 is 10.0 Å². The van der Waals surface area contributed by atoms with E-state index in [1.54, 1.807) is 30.3 Å². The Morgan fingerprint density at radius 1 is 1.04 bits per heavy atom. The molecule has 0 unspecified atom stereocenters. The molecule has 0 amide bonds. The van der Waals surface area contributed by atoms with Gasteiger partial charge in [-0.15, -0.1) is 15.9 Å². The molecule has 9 nitrogen and oxygen atoms in total. The van der Waals surface area contributed by atoms with Crippen molar-refractivity contribution in [3.63, 3.8) is 0 Å². The van der Waals surface area contributed by atoms with Crippen LogP contribution in [0.4, 0.5) is 5.69 Å². The lowest BCUT2D eigenvalue weighted by atomic mass is 10.2. The Balaban J connectivity index is 1.62. The normalized spacial score (nSPS) is 13.8. The number of nitrogens with zero attached hydrogens (tertiary/aromatic N) is 4. The number of aromatic amines is 1. The van der Waals surface area contributed by atoms with Crippen LogP contribution in [0.2, 0.25) is 0 Å². The SMILES string of the molecule is O=S(=O)([N-]c1cccc(-c2nn[nH]n2)c1)c1ccc2c(c1)OCCCO2. The molecule has 0 aliphatic carbocycles. The fourth-order valence-corrected chi connectivity index (χ4v) is 3.47. The lowest BCUT2D eigenvalue weighted by Crippen LogP contribution is -2.00. The van der Waals surface area contributed by atoms with E-state index in [9.17, 15) is 8.42 Å². The van der Waals surface area contributed by atoms with Crippen molar-refractivity contribution in [3.05, 3.63) is 47.2 Å². The van der Waals surface area contributed by atoms with Gasteiger partial charge in [-0.3, -0.25) is 0 Å². The molecule has 1 aromatic heterocycles. The maximum atomic E-state index is 12.7. The Morgan fingerprint density at radius 2 is 1.88 bits per heavy atom. The van der Waals surface area contributed by atoms with Gasteiger partial charge in [-0.2, -0.15) is 5.21 Å². The van der Waals surface area contributed by atoms with E-state index in [-0.39, 0.29) is 10.6 Å². The molecule has 0 atom stereocenters. The highest BCUT2D eigenvalue weighted by Gasteiger charge is 2.14. The van der Waals surface area contributed by atoms with Crippen molar-refractivity contribution in [2.75, 3.05) is 13.2 Å². The van der Waals surface area contributed by atoms with Crippen LogP contribution in [0.15, 0.2) is 47.4 Å². The van der Waals surface area contributed by atoms with Crippen molar-refractivity contribution in [2.45, 2.75) is 11.3 Å². The first-order valence-corrected chi connectivity index (χ1v) is 9.27. The zero-order chi connectivity index (χ0) is 18.0. The first-order chi connectivity index (χ1) is 12.6. The third kappa shape index (κ3) is 3.31. The minimum Gasteiger partial charge on any atom is -0.573 e. The molecule has 10 heteroatoms. The number of nitrogens with one attached hydrogen (secondary N) is 1. The van der Waals surface area contributed by atoms with Gasteiger partial charge in [0.05, 0.1) is 18.1 Å². The van der Waals surface area contributed by atoms with Crippen molar-refractivity contribution in [1.29, 1.82) is 0 Å². The van der Waals surface area contributed by atoms with Crippen LogP contribution in [0.1, 0.15) is 6.42 Å². The smallest absolute Gasteiger partial charge is 0.204 e. The summed E-state index contributed by atoms with van der Waals surface area (Å²) in [5.41, 5.74) is 0.869. The summed E-state index contributed by atoms with van der Waals surface area (Å²) in [5, 5.41) is 13.6. The van der Waals surface area contributed by atoms with Crippen LogP contribution < -0.4 is 9.47 Å². The van der Waals surface area contributed by atoms with E-state index in [0.717, 1.165) is 6.42 Å². The van der Waals surface area contributed by atoms with E-state index in [1.165, 1.54) is 12.1 Å². The first-order valence-electron chi connectivity index (χ1n) is 7.83. The molecule has 0 bridgehead atoms. The van der Waals surface area contributed by atoms with Crippen molar-refractivity contribution < 1.29 is 17.9 Å². The van der Waals surface area contributed by atoms with E-state index in [4.69, 9.17) is 9.47 Å². The molecule has 3 aromatic rings. The molecule has 0 saturated heterocycles. The molecular formula is C16H14N5O4S-. The highest BCUT2D eigenvalue weighted by Crippen LogP contribution is 2.36. The fourth-order valence-electron chi connectivity index (χ4n) is 2.48. The van der Waals surface area contributed by atoms with E-state index in [0.29, 0.717) is 36.1 Å². The minimum absolute atomic E-state index is 0.0340. The fraction of sp³-hybridized carbons (Fsp3) is 0.188. The molecule has 2 aromatic carbocycles. The summed E-state index contributed by atoms with van der Waals surface area (Å²) in [4.78, 5) is 0.0340. The summed E-state index contributed by atoms with van der Waals surface area (Å²) in [6.45, 7) is 1.01. The van der Waals surface area contributed by atoms with E-state index >= 15 is 0 Å². The van der Waals surface area contributed by atoms with Crippen LogP contribution in [0.25, 0.3) is 16.1 Å². The number of aromatic nitrogens is 4. The first kappa shape index (κ1) is 16.3. The van der Waals surface area contributed by atoms with Crippen LogP contribution >= 0.6 is 0 Å². The second-order valence-corrected chi connectivity index (χ2v) is 7.12. The lowest BCUT2D eigenvalue weighted by Gasteiger charge is -2.22. The van der Waals surface area contributed by atoms with Gasteiger partial charge in [-0.1, -0.05) is 24.3 Å². The van der Waals surface area contributed by atoms with E-state index in [2.05, 4.69) is 25.3 Å². The van der Waals surface area contributed by atoms with Gasteiger partial charge in [0.2, 0.25) is 5.82 Å². The zero-order valence-corrected chi connectivity index (χ0v) is 14.3. The van der Waals surface area contributed by atoms with Crippen molar-refractivity contribution >= 4 is 15.7 Å². The Kier molecular flexibility index (Phi) is 4.17. The topological polar surface area (TPSA) is 121 Å². The largest absolute Gasteiger partial charge is 0.573 e. The molecule has 1 aliphatic rings. The molecule has 1 N–H and O–H groups in total. The van der Waals surface area contributed by atoms with E-state index in [1.807, 2.05) is 0 Å². The molecule has 0 fully saturated rings. The highest BCUT2D eigenvalue weighted by molar-refractivity contribution is 7.94. The lowest BCUT2D eigenvalue weighted by molar-refractivity contribution is 0.297. The number of H-pyrrole nitrogens is 1. The Bertz CT molecular complexity index is 1020. The number of benzene rings is 2. The minimum atomic E-state index is -3.92. The Morgan fingerprint density at radius 3 is 2.69 bits per heavy atom. The Hall–Kier alpha value is -3.14. The van der Waals surface area contributed by atoms with Crippen LogP contribution in [0, 0.1) is 0 Å². The van der Waals surface area contributed by atoms with Gasteiger partial charge in [-0.25, -0.2) is 8.42 Å². The van der Waals surface area contributed by atoms with Crippen molar-refractivity contribution in [3.8, 4) is 22.9 Å². The predicted molar refractivity (Wildman–Crippen MR) is 91.9 cm³/mol. The van der Waals surface area contributed by atoms with Crippen molar-refractivity contribution in [1.82, 2.24) is 20.6 Å². The summed E-state index contributed by atoms with van der Waals surface area (Å²) in [5.74, 6) is 1.29. The molecular weight excluding hydrogens is 358 g/mol. The van der Waals surface area contributed by atoms with Crippen LogP contribution in [0.5, 0.6) is 11.5 Å². The van der Waals surface area contributed by atoms with Gasteiger partial charge in [0.15, 0.2) is 11.5 Å². The van der Waals surface area contributed by atoms with Gasteiger partial charge in [0.25, 0.3) is 0 Å². The monoisotopic (exact) mass is 372 g/mol. The second-order valence-electron chi connectivity index (χ2n) is 5.51. The highest BCUT2D eigenvalue weighted by atomic mass is 32.2. The van der Waals surface area contributed by atoms with Gasteiger partial charge in [0.1, 0.15) is 10.0 Å². The van der Waals surface area contributed by atoms with Gasteiger partial charge in [-0.05, 0) is 17.3 Å². The average Bonchev–Trinajstić information content (AvgIpc) is 3.07. The number of ether oxygens (including phenoxy) is 2. The second kappa shape index (κ2) is 6.64. The molecule has 0 radical (unpaired) electrons. The summed E-state index contributed by atoms with van der Waals surface area (Å²) >= 11 is 0. The molecule has 2 heterocycles. The quantitative estimate of drug-likeness (QED) is 0.746.